The first-order valence-electron chi connectivity index (χ1n) is 9.46. The molecule has 1 amide bonds. The van der Waals surface area contributed by atoms with Crippen LogP contribution < -0.4 is 20.9 Å². The Kier molecular flexibility index (Phi) is 6.84. The maximum atomic E-state index is 12.5. The van der Waals surface area contributed by atoms with Crippen molar-refractivity contribution in [3.63, 3.8) is 0 Å². The maximum Gasteiger partial charge on any atom is 0.390 e. The van der Waals surface area contributed by atoms with Crippen molar-refractivity contribution in [2.24, 2.45) is 11.8 Å². The Morgan fingerprint density at radius 2 is 1.67 bits per heavy atom. The van der Waals surface area contributed by atoms with Crippen molar-refractivity contribution in [1.29, 1.82) is 0 Å². The third-order valence-corrected chi connectivity index (χ3v) is 4.93. The smallest absolute Gasteiger partial charge is 0.386 e. The minimum absolute atomic E-state index is 0.409. The number of anilines is 3. The van der Waals surface area contributed by atoms with E-state index in [9.17, 15) is 18.0 Å². The highest BCUT2D eigenvalue weighted by Gasteiger charge is 2.45. The van der Waals surface area contributed by atoms with Gasteiger partial charge in [-0.25, -0.2) is 0 Å². The van der Waals surface area contributed by atoms with Crippen molar-refractivity contribution in [3.05, 3.63) is 17.7 Å². The van der Waals surface area contributed by atoms with Crippen LogP contribution in [0.1, 0.15) is 37.0 Å². The lowest BCUT2D eigenvalue weighted by molar-refractivity contribution is -0.132. The number of nitrogens with one attached hydrogen (secondary N) is 3. The van der Waals surface area contributed by atoms with Crippen LogP contribution in [0.15, 0.2) is 12.1 Å². The number of rotatable bonds is 6. The highest BCUT2D eigenvalue weighted by molar-refractivity contribution is 6.02. The number of carbonyl (C=O) groups is 1. The van der Waals surface area contributed by atoms with Gasteiger partial charge >= 0.3 is 6.18 Å². The van der Waals surface area contributed by atoms with Gasteiger partial charge in [0.25, 0.3) is 5.91 Å². The fraction of sp³-hybridized carbons (Fsp3) is 0.632. The highest BCUT2D eigenvalue weighted by atomic mass is 19.4. The molecule has 2 fully saturated rings. The Morgan fingerprint density at radius 3 is 2.19 bits per heavy atom. The molecule has 0 aromatic heterocycles. The number of amides is 1. The molecule has 152 valence electrons. The van der Waals surface area contributed by atoms with Crippen molar-refractivity contribution < 1.29 is 18.0 Å². The first-order chi connectivity index (χ1) is 12.8. The van der Waals surface area contributed by atoms with Gasteiger partial charge in [-0.3, -0.25) is 4.79 Å². The molecule has 1 aliphatic carbocycles. The van der Waals surface area contributed by atoms with E-state index in [-0.39, 0.29) is 0 Å². The topological polar surface area (TPSA) is 56.4 Å². The van der Waals surface area contributed by atoms with Crippen LogP contribution in [0.4, 0.5) is 30.2 Å². The summed E-state index contributed by atoms with van der Waals surface area (Å²) in [6.07, 6.45) is -4.08. The van der Waals surface area contributed by atoms with Crippen LogP contribution >= 0.6 is 0 Å². The number of benzene rings is 1. The van der Waals surface area contributed by atoms with Gasteiger partial charge in [0.1, 0.15) is 0 Å². The van der Waals surface area contributed by atoms with Crippen LogP contribution in [0.25, 0.3) is 0 Å². The van der Waals surface area contributed by atoms with E-state index in [0.29, 0.717) is 17.4 Å². The summed E-state index contributed by atoms with van der Waals surface area (Å²) in [7, 11) is 3.54. The summed E-state index contributed by atoms with van der Waals surface area (Å²) < 4.78 is 37.0. The Bertz CT molecular complexity index is 653. The summed E-state index contributed by atoms with van der Waals surface area (Å²) in [5, 5.41) is 8.51. The van der Waals surface area contributed by atoms with Gasteiger partial charge in [0.2, 0.25) is 0 Å². The third kappa shape index (κ3) is 5.20. The van der Waals surface area contributed by atoms with E-state index in [4.69, 9.17) is 0 Å². The molecule has 27 heavy (non-hydrogen) atoms. The number of carbonyl (C=O) groups excluding carboxylic acids is 1. The lowest BCUT2D eigenvalue weighted by Crippen LogP contribution is -2.31. The molecule has 1 aliphatic heterocycles. The van der Waals surface area contributed by atoms with Gasteiger partial charge in [-0.1, -0.05) is 13.8 Å². The Labute approximate surface area is 158 Å². The summed E-state index contributed by atoms with van der Waals surface area (Å²) in [6, 6.07) is 3.60. The number of hydrogen-bond donors (Lipinski definition) is 3. The SMILES string of the molecule is CC.CNc1cc(C(=O)NCCC(F)(F)F)c(N2CC3CC3C2)cc1NC. The van der Waals surface area contributed by atoms with E-state index in [1.807, 2.05) is 19.9 Å². The van der Waals surface area contributed by atoms with Crippen LogP contribution in [0.2, 0.25) is 0 Å². The summed E-state index contributed by atoms with van der Waals surface area (Å²) in [4.78, 5) is 14.7. The van der Waals surface area contributed by atoms with Crippen LogP contribution in [-0.4, -0.2) is 45.8 Å². The molecule has 2 aliphatic rings. The Balaban J connectivity index is 0.00000126. The van der Waals surface area contributed by atoms with Crippen molar-refractivity contribution in [2.75, 3.05) is 49.3 Å². The van der Waals surface area contributed by atoms with Crippen LogP contribution in [0.5, 0.6) is 0 Å². The van der Waals surface area contributed by atoms with E-state index < -0.39 is 25.0 Å². The maximum absolute atomic E-state index is 12.5. The quantitative estimate of drug-likeness (QED) is 0.693. The molecule has 2 unspecified atom stereocenters. The van der Waals surface area contributed by atoms with Crippen LogP contribution in [0.3, 0.4) is 0 Å². The first-order valence-corrected chi connectivity index (χ1v) is 9.46. The number of alkyl halides is 3. The largest absolute Gasteiger partial charge is 0.390 e. The second-order valence-electron chi connectivity index (χ2n) is 6.70. The molecule has 0 spiro atoms. The zero-order valence-electron chi connectivity index (χ0n) is 16.3. The van der Waals surface area contributed by atoms with E-state index in [1.54, 1.807) is 20.2 Å². The number of piperidine rings is 1. The number of halogens is 3. The summed E-state index contributed by atoms with van der Waals surface area (Å²) in [5.74, 6) is 0.894. The van der Waals surface area contributed by atoms with Gasteiger partial charge in [0.15, 0.2) is 0 Å². The van der Waals surface area contributed by atoms with Gasteiger partial charge in [0.05, 0.1) is 29.0 Å². The average Bonchev–Trinajstić information content (AvgIpc) is 3.26. The fourth-order valence-corrected chi connectivity index (χ4v) is 3.45. The van der Waals surface area contributed by atoms with Crippen LogP contribution in [0, 0.1) is 11.8 Å². The van der Waals surface area contributed by atoms with Gasteiger partial charge in [0, 0.05) is 33.7 Å². The van der Waals surface area contributed by atoms with E-state index >= 15 is 0 Å². The van der Waals surface area contributed by atoms with Crippen molar-refractivity contribution >= 4 is 23.0 Å². The predicted molar refractivity (Wildman–Crippen MR) is 104 cm³/mol. The second kappa shape index (κ2) is 8.71. The molecule has 0 radical (unpaired) electrons. The lowest BCUT2D eigenvalue weighted by atomic mass is 10.1. The molecule has 1 saturated heterocycles. The number of fused-ring (bicyclic) bond motifs is 1. The van der Waals surface area contributed by atoms with E-state index in [1.165, 1.54) is 6.42 Å². The predicted octanol–water partition coefficient (Wildman–Crippen LogP) is 3.93. The molecule has 2 atom stereocenters. The normalized spacial score (nSPS) is 20.3. The standard InChI is InChI=1S/C17H23F3N4O.C2H6/c1-21-13-6-12(16(25)23-4-3-17(18,19)20)15(7-14(13)22-2)24-8-10-5-11(10)9-24;1-2/h6-7,10-11,21-22H,3-5,8-9H2,1-2H3,(H,23,25);1-2H3. The average molecular weight is 386 g/mol. The fourth-order valence-electron chi connectivity index (χ4n) is 3.45. The molecule has 0 bridgehead atoms. The monoisotopic (exact) mass is 386 g/mol. The Hall–Kier alpha value is -2.12. The molecule has 1 heterocycles. The van der Waals surface area contributed by atoms with Gasteiger partial charge in [-0.15, -0.1) is 0 Å². The zero-order valence-corrected chi connectivity index (χ0v) is 16.3. The summed E-state index contributed by atoms with van der Waals surface area (Å²) in [5.41, 5.74) is 2.77. The molecule has 8 heteroatoms. The Morgan fingerprint density at radius 1 is 1.11 bits per heavy atom. The highest BCUT2D eigenvalue weighted by Crippen LogP contribution is 2.47. The molecular weight excluding hydrogens is 357 g/mol. The molecular formula is C19H29F3N4O. The minimum Gasteiger partial charge on any atom is -0.386 e. The molecule has 3 N–H and O–H groups in total. The second-order valence-corrected chi connectivity index (χ2v) is 6.70. The van der Waals surface area contributed by atoms with Crippen molar-refractivity contribution in [3.8, 4) is 0 Å². The zero-order chi connectivity index (χ0) is 20.2. The van der Waals surface area contributed by atoms with E-state index in [0.717, 1.165) is 30.2 Å². The molecule has 5 nitrogen and oxygen atoms in total. The number of hydrogen-bond acceptors (Lipinski definition) is 4. The molecule has 1 aromatic carbocycles. The van der Waals surface area contributed by atoms with Gasteiger partial charge in [-0.05, 0) is 30.4 Å². The van der Waals surface area contributed by atoms with Crippen molar-refractivity contribution in [2.45, 2.75) is 32.9 Å². The third-order valence-electron chi connectivity index (χ3n) is 4.93. The van der Waals surface area contributed by atoms with Crippen LogP contribution in [-0.2, 0) is 0 Å². The summed E-state index contributed by atoms with van der Waals surface area (Å²) >= 11 is 0. The molecule has 3 rings (SSSR count). The summed E-state index contributed by atoms with van der Waals surface area (Å²) in [6.45, 7) is 5.38. The van der Waals surface area contributed by atoms with Gasteiger partial charge < -0.3 is 20.9 Å². The molecule has 1 aromatic rings. The lowest BCUT2D eigenvalue weighted by Gasteiger charge is -2.25. The number of nitrogens with zero attached hydrogens (tertiary/aromatic N) is 1. The van der Waals surface area contributed by atoms with E-state index in [2.05, 4.69) is 20.9 Å². The minimum atomic E-state index is -4.28. The van der Waals surface area contributed by atoms with Crippen molar-refractivity contribution in [1.82, 2.24) is 5.32 Å². The van der Waals surface area contributed by atoms with Gasteiger partial charge in [-0.2, -0.15) is 13.2 Å². The first kappa shape index (κ1) is 21.2. The molecule has 1 saturated carbocycles.